The van der Waals surface area contributed by atoms with E-state index in [0.717, 1.165) is 37.1 Å². The first kappa shape index (κ1) is 17.3. The van der Waals surface area contributed by atoms with Crippen LogP contribution in [0.2, 0.25) is 0 Å². The minimum atomic E-state index is 0.0729. The van der Waals surface area contributed by atoms with Crippen molar-refractivity contribution < 1.29 is 9.53 Å². The van der Waals surface area contributed by atoms with Gasteiger partial charge in [0.15, 0.2) is 0 Å². The van der Waals surface area contributed by atoms with E-state index in [2.05, 4.69) is 20.8 Å². The van der Waals surface area contributed by atoms with Crippen molar-refractivity contribution in [2.24, 2.45) is 0 Å². The monoisotopic (exact) mass is 289 g/mol. The van der Waals surface area contributed by atoms with Gasteiger partial charge in [-0.05, 0) is 31.9 Å². The molecule has 21 heavy (non-hydrogen) atoms. The van der Waals surface area contributed by atoms with Gasteiger partial charge in [-0.15, -0.1) is 0 Å². The molecular formula is C18H27NO2. The molecule has 0 heterocycles. The predicted octanol–water partition coefficient (Wildman–Crippen LogP) is 4.14. The van der Waals surface area contributed by atoms with Crippen LogP contribution in [0.5, 0.6) is 5.75 Å². The highest BCUT2D eigenvalue weighted by atomic mass is 16.5. The normalized spacial score (nSPS) is 12.4. The van der Waals surface area contributed by atoms with Gasteiger partial charge >= 0.3 is 0 Å². The Labute approximate surface area is 128 Å². The highest BCUT2D eigenvalue weighted by Gasteiger charge is 2.15. The Morgan fingerprint density at radius 2 is 2.05 bits per heavy atom. The van der Waals surface area contributed by atoms with Crippen LogP contribution in [0.1, 0.15) is 45.6 Å². The molecule has 1 aromatic carbocycles. The first-order valence-corrected chi connectivity index (χ1v) is 7.75. The fraction of sp³-hybridized carbons (Fsp3) is 0.500. The average molecular weight is 289 g/mol. The minimum Gasteiger partial charge on any atom is -0.496 e. The van der Waals surface area contributed by atoms with Crippen LogP contribution in [0, 0.1) is 0 Å². The van der Waals surface area contributed by atoms with E-state index >= 15 is 0 Å². The Bertz CT molecular complexity index is 468. The summed E-state index contributed by atoms with van der Waals surface area (Å²) in [6, 6.07) is 7.97. The van der Waals surface area contributed by atoms with E-state index in [9.17, 15) is 4.79 Å². The summed E-state index contributed by atoms with van der Waals surface area (Å²) < 4.78 is 5.30. The Morgan fingerprint density at radius 3 is 2.67 bits per heavy atom. The second kappa shape index (κ2) is 9.22. The second-order valence-corrected chi connectivity index (χ2v) is 5.22. The lowest BCUT2D eigenvalue weighted by Crippen LogP contribution is -2.37. The third-order valence-corrected chi connectivity index (χ3v) is 3.70. The van der Waals surface area contributed by atoms with E-state index in [4.69, 9.17) is 4.74 Å². The average Bonchev–Trinajstić information content (AvgIpc) is 2.53. The molecule has 0 saturated carbocycles. The van der Waals surface area contributed by atoms with Crippen LogP contribution in [-0.2, 0) is 4.79 Å². The zero-order valence-electron chi connectivity index (χ0n) is 13.6. The van der Waals surface area contributed by atoms with Crippen molar-refractivity contribution in [1.29, 1.82) is 0 Å². The van der Waals surface area contributed by atoms with Gasteiger partial charge in [0, 0.05) is 24.2 Å². The largest absolute Gasteiger partial charge is 0.496 e. The number of para-hydroxylation sites is 1. The zero-order valence-corrected chi connectivity index (χ0v) is 13.6. The molecule has 0 bridgehead atoms. The van der Waals surface area contributed by atoms with Crippen molar-refractivity contribution in [3.05, 3.63) is 35.9 Å². The lowest BCUT2D eigenvalue weighted by Gasteiger charge is -2.27. The van der Waals surface area contributed by atoms with Gasteiger partial charge in [-0.2, -0.15) is 0 Å². The van der Waals surface area contributed by atoms with Gasteiger partial charge in [-0.3, -0.25) is 4.79 Å². The number of hydrogen-bond donors (Lipinski definition) is 0. The van der Waals surface area contributed by atoms with Crippen LogP contribution in [0.3, 0.4) is 0 Å². The molecule has 1 aromatic rings. The van der Waals surface area contributed by atoms with Crippen molar-refractivity contribution in [3.63, 3.8) is 0 Å². The maximum absolute atomic E-state index is 12.4. The van der Waals surface area contributed by atoms with Crippen LogP contribution >= 0.6 is 0 Å². The second-order valence-electron chi connectivity index (χ2n) is 5.22. The molecule has 0 radical (unpaired) electrons. The van der Waals surface area contributed by atoms with Crippen LogP contribution in [0.4, 0.5) is 0 Å². The summed E-state index contributed by atoms with van der Waals surface area (Å²) in [7, 11) is 1.64. The lowest BCUT2D eigenvalue weighted by atomic mass is 10.1. The highest BCUT2D eigenvalue weighted by Crippen LogP contribution is 2.19. The van der Waals surface area contributed by atoms with Gasteiger partial charge in [0.2, 0.25) is 5.91 Å². The number of carbonyl (C=O) groups excluding carboxylic acids is 1. The number of rotatable bonds is 8. The number of unbranched alkanes of at least 4 members (excludes halogenated alkanes) is 1. The zero-order chi connectivity index (χ0) is 15.7. The van der Waals surface area contributed by atoms with E-state index in [-0.39, 0.29) is 11.9 Å². The maximum atomic E-state index is 12.4. The van der Waals surface area contributed by atoms with Gasteiger partial charge in [0.05, 0.1) is 7.11 Å². The predicted molar refractivity (Wildman–Crippen MR) is 88.4 cm³/mol. The molecule has 0 saturated heterocycles. The standard InChI is InChI=1S/C18H27NO2/c1-5-7-14-19(15(3)6-2)18(20)13-12-16-10-8-9-11-17(16)21-4/h8-13,15H,5-7,14H2,1-4H3/b13-12+. The molecule has 116 valence electrons. The van der Waals surface area contributed by atoms with Crippen LogP contribution in [0.15, 0.2) is 30.3 Å². The Kier molecular flexibility index (Phi) is 7.59. The number of amides is 1. The Morgan fingerprint density at radius 1 is 1.33 bits per heavy atom. The Hall–Kier alpha value is -1.77. The molecular weight excluding hydrogens is 262 g/mol. The van der Waals surface area contributed by atoms with Gasteiger partial charge in [0.1, 0.15) is 5.75 Å². The van der Waals surface area contributed by atoms with Crippen molar-refractivity contribution in [2.45, 2.75) is 46.1 Å². The first-order chi connectivity index (χ1) is 10.1. The van der Waals surface area contributed by atoms with Gasteiger partial charge < -0.3 is 9.64 Å². The molecule has 1 unspecified atom stereocenters. The molecule has 1 amide bonds. The molecule has 0 N–H and O–H groups in total. The summed E-state index contributed by atoms with van der Waals surface area (Å²) in [5, 5.41) is 0. The van der Waals surface area contributed by atoms with E-state index < -0.39 is 0 Å². The van der Waals surface area contributed by atoms with Crippen molar-refractivity contribution >= 4 is 12.0 Å². The molecule has 0 aromatic heterocycles. The molecule has 0 aliphatic carbocycles. The molecule has 0 aliphatic heterocycles. The molecule has 3 nitrogen and oxygen atoms in total. The summed E-state index contributed by atoms with van der Waals surface area (Å²) in [4.78, 5) is 14.4. The summed E-state index contributed by atoms with van der Waals surface area (Å²) in [5.74, 6) is 0.855. The maximum Gasteiger partial charge on any atom is 0.246 e. The van der Waals surface area contributed by atoms with Crippen LogP contribution in [-0.4, -0.2) is 30.5 Å². The molecule has 1 atom stereocenters. The Balaban J connectivity index is 2.82. The highest BCUT2D eigenvalue weighted by molar-refractivity contribution is 5.92. The quantitative estimate of drug-likeness (QED) is 0.673. The van der Waals surface area contributed by atoms with E-state index in [1.807, 2.05) is 35.2 Å². The number of methoxy groups -OCH3 is 1. The van der Waals surface area contributed by atoms with Crippen LogP contribution in [0.25, 0.3) is 6.08 Å². The SMILES string of the molecule is CCCCN(C(=O)/C=C/c1ccccc1OC)C(C)CC. The fourth-order valence-corrected chi connectivity index (χ4v) is 2.16. The third kappa shape index (κ3) is 5.25. The summed E-state index contributed by atoms with van der Waals surface area (Å²) >= 11 is 0. The fourth-order valence-electron chi connectivity index (χ4n) is 2.16. The van der Waals surface area contributed by atoms with Crippen molar-refractivity contribution in [2.75, 3.05) is 13.7 Å². The molecule has 3 heteroatoms. The van der Waals surface area contributed by atoms with E-state index in [0.29, 0.717) is 0 Å². The van der Waals surface area contributed by atoms with Crippen molar-refractivity contribution in [1.82, 2.24) is 4.90 Å². The number of benzene rings is 1. The van der Waals surface area contributed by atoms with Gasteiger partial charge in [-0.25, -0.2) is 0 Å². The summed E-state index contributed by atoms with van der Waals surface area (Å²) in [6.45, 7) is 7.18. The van der Waals surface area contributed by atoms with E-state index in [1.165, 1.54) is 0 Å². The number of nitrogens with zero attached hydrogens (tertiary/aromatic N) is 1. The number of carbonyl (C=O) groups is 1. The smallest absolute Gasteiger partial charge is 0.246 e. The van der Waals surface area contributed by atoms with Gasteiger partial charge in [-0.1, -0.05) is 38.5 Å². The topological polar surface area (TPSA) is 29.5 Å². The molecule has 0 aliphatic rings. The molecule has 0 fully saturated rings. The van der Waals surface area contributed by atoms with Crippen molar-refractivity contribution in [3.8, 4) is 5.75 Å². The first-order valence-electron chi connectivity index (χ1n) is 7.75. The number of hydrogen-bond acceptors (Lipinski definition) is 2. The summed E-state index contributed by atoms with van der Waals surface area (Å²) in [6.07, 6.45) is 6.59. The third-order valence-electron chi connectivity index (χ3n) is 3.70. The number of ether oxygens (including phenoxy) is 1. The summed E-state index contributed by atoms with van der Waals surface area (Å²) in [5.41, 5.74) is 0.924. The van der Waals surface area contributed by atoms with E-state index in [1.54, 1.807) is 13.2 Å². The van der Waals surface area contributed by atoms with Gasteiger partial charge in [0.25, 0.3) is 0 Å². The minimum absolute atomic E-state index is 0.0729. The molecule has 0 spiro atoms. The van der Waals surface area contributed by atoms with Crippen LogP contribution < -0.4 is 4.74 Å². The lowest BCUT2D eigenvalue weighted by molar-refractivity contribution is -0.128. The molecule has 1 rings (SSSR count).